The first-order valence-corrected chi connectivity index (χ1v) is 11.5. The van der Waals surface area contributed by atoms with E-state index in [0.717, 1.165) is 11.3 Å². The van der Waals surface area contributed by atoms with Crippen molar-refractivity contribution < 1.29 is 33.4 Å². The first-order valence-electron chi connectivity index (χ1n) is 11.5. The van der Waals surface area contributed by atoms with Crippen LogP contribution in [-0.2, 0) is 23.9 Å². The number of carbonyl (C=O) groups excluding carboxylic acids is 5. The molecule has 0 bridgehead atoms. The molecule has 0 aromatic carbocycles. The summed E-state index contributed by atoms with van der Waals surface area (Å²) in [6.45, 7) is 8.44. The predicted molar refractivity (Wildman–Crippen MR) is 116 cm³/mol. The van der Waals surface area contributed by atoms with Crippen LogP contribution >= 0.6 is 0 Å². The van der Waals surface area contributed by atoms with Crippen molar-refractivity contribution in [1.82, 2.24) is 20.0 Å². The fourth-order valence-corrected chi connectivity index (χ4v) is 5.41. The summed E-state index contributed by atoms with van der Waals surface area (Å²) < 4.78 is 10.0. The number of hydrogen-bond acceptors (Lipinski definition) is 7. The lowest BCUT2D eigenvalue weighted by Crippen LogP contribution is -2.54. The Bertz CT molecular complexity index is 822. The lowest BCUT2D eigenvalue weighted by molar-refractivity contribution is -0.154. The van der Waals surface area contributed by atoms with Gasteiger partial charge >= 0.3 is 18.1 Å². The van der Waals surface area contributed by atoms with E-state index in [1.165, 1.54) is 9.80 Å². The maximum atomic E-state index is 13.1. The van der Waals surface area contributed by atoms with E-state index in [9.17, 15) is 24.0 Å². The molecule has 2 aliphatic heterocycles. The summed E-state index contributed by atoms with van der Waals surface area (Å²) in [5, 5.41) is 2.81. The first kappa shape index (κ1) is 24.8. The van der Waals surface area contributed by atoms with E-state index < -0.39 is 48.6 Å². The highest BCUT2D eigenvalue weighted by atomic mass is 16.6. The monoisotopic (exact) mass is 466 g/mol. The number of nitrogens with zero attached hydrogens (tertiary/aromatic N) is 3. The summed E-state index contributed by atoms with van der Waals surface area (Å²) in [7, 11) is 0. The molecule has 1 spiro atoms. The highest BCUT2D eigenvalue weighted by molar-refractivity contribution is 6.08. The second-order valence-corrected chi connectivity index (χ2v) is 9.99. The van der Waals surface area contributed by atoms with Gasteiger partial charge in [0.05, 0.1) is 6.61 Å². The number of ether oxygens (including phenoxy) is 2. The van der Waals surface area contributed by atoms with Gasteiger partial charge in [-0.3, -0.25) is 19.3 Å². The molecular weight excluding hydrogens is 432 g/mol. The Kier molecular flexibility index (Phi) is 7.18. The molecule has 2 saturated heterocycles. The zero-order chi connectivity index (χ0) is 24.4. The Balaban J connectivity index is 1.48. The minimum absolute atomic E-state index is 0.110. The first-order chi connectivity index (χ1) is 15.5. The number of nitrogens with one attached hydrogen (secondary N) is 1. The van der Waals surface area contributed by atoms with Crippen LogP contribution in [0.4, 0.5) is 9.59 Å². The van der Waals surface area contributed by atoms with Crippen LogP contribution in [0.3, 0.4) is 0 Å². The number of urea groups is 1. The average Bonchev–Trinajstić information content (AvgIpc) is 2.94. The van der Waals surface area contributed by atoms with Gasteiger partial charge in [0.15, 0.2) is 6.61 Å². The van der Waals surface area contributed by atoms with Crippen molar-refractivity contribution in [2.45, 2.75) is 52.5 Å². The molecule has 184 valence electrons. The predicted octanol–water partition coefficient (Wildman–Crippen LogP) is 0.967. The third kappa shape index (κ3) is 5.56. The van der Waals surface area contributed by atoms with Crippen molar-refractivity contribution in [2.24, 2.45) is 11.3 Å². The maximum Gasteiger partial charge on any atom is 0.409 e. The highest BCUT2D eigenvalue weighted by Crippen LogP contribution is 2.46. The molecular formula is C22H34N4O7. The van der Waals surface area contributed by atoms with E-state index in [1.54, 1.807) is 6.92 Å². The van der Waals surface area contributed by atoms with Crippen molar-refractivity contribution >= 4 is 29.9 Å². The minimum Gasteiger partial charge on any atom is -0.454 e. The van der Waals surface area contributed by atoms with Crippen molar-refractivity contribution in [3.63, 3.8) is 0 Å². The van der Waals surface area contributed by atoms with Crippen LogP contribution in [0.2, 0.25) is 0 Å². The largest absolute Gasteiger partial charge is 0.454 e. The minimum atomic E-state index is -0.993. The Morgan fingerprint density at radius 3 is 2.27 bits per heavy atom. The van der Waals surface area contributed by atoms with Crippen LogP contribution in [0, 0.1) is 11.3 Å². The second-order valence-electron chi connectivity index (χ2n) is 9.99. The molecule has 2 atom stereocenters. The Morgan fingerprint density at radius 1 is 1.03 bits per heavy atom. The van der Waals surface area contributed by atoms with Crippen LogP contribution < -0.4 is 5.32 Å². The molecule has 1 aliphatic carbocycles. The Hall–Kier alpha value is -2.85. The summed E-state index contributed by atoms with van der Waals surface area (Å²) in [6.07, 6.45) is 1.58. The lowest BCUT2D eigenvalue weighted by Gasteiger charge is -2.43. The maximum absolute atomic E-state index is 13.1. The van der Waals surface area contributed by atoms with Gasteiger partial charge in [-0.15, -0.1) is 0 Å². The summed E-state index contributed by atoms with van der Waals surface area (Å²) in [5.41, 5.74) is -1.10. The molecule has 1 saturated carbocycles. The molecule has 0 radical (unpaired) electrons. The third-order valence-electron chi connectivity index (χ3n) is 6.43. The van der Waals surface area contributed by atoms with E-state index in [-0.39, 0.29) is 17.9 Å². The Labute approximate surface area is 193 Å². The number of rotatable bonds is 5. The topological polar surface area (TPSA) is 126 Å². The molecule has 11 heteroatoms. The van der Waals surface area contributed by atoms with Crippen LogP contribution in [-0.4, -0.2) is 96.1 Å². The number of esters is 1. The number of amides is 5. The van der Waals surface area contributed by atoms with Gasteiger partial charge in [-0.05, 0) is 37.5 Å². The Morgan fingerprint density at radius 2 is 1.67 bits per heavy atom. The normalized spacial score (nSPS) is 26.9. The fraction of sp³-hybridized carbons (Fsp3) is 0.773. The standard InChI is InChI=1S/C22H34N4O7/c1-5-32-20(31)25-8-6-24(7-9-25)16(27)13-33-17(28)12-26-18(29)22(23-19(26)30)11-15(2)10-21(3,4)14-22/h15H,5-14H2,1-4H3,(H,23,30)/t15-,22-/m0/s1. The molecule has 2 heterocycles. The number of imide groups is 1. The van der Waals surface area contributed by atoms with Gasteiger partial charge in [0.1, 0.15) is 12.1 Å². The van der Waals surface area contributed by atoms with E-state index in [2.05, 4.69) is 26.1 Å². The number of carbonyl (C=O) groups is 5. The van der Waals surface area contributed by atoms with Crippen molar-refractivity contribution in [1.29, 1.82) is 0 Å². The van der Waals surface area contributed by atoms with Crippen LogP contribution in [0.25, 0.3) is 0 Å². The highest BCUT2D eigenvalue weighted by Gasteiger charge is 2.56. The van der Waals surface area contributed by atoms with Gasteiger partial charge in [-0.1, -0.05) is 20.8 Å². The van der Waals surface area contributed by atoms with Crippen LogP contribution in [0.15, 0.2) is 0 Å². The lowest BCUT2D eigenvalue weighted by atomic mass is 9.64. The van der Waals surface area contributed by atoms with Gasteiger partial charge in [-0.25, -0.2) is 9.59 Å². The third-order valence-corrected chi connectivity index (χ3v) is 6.43. The molecule has 3 aliphatic rings. The van der Waals surface area contributed by atoms with Gasteiger partial charge in [0.2, 0.25) is 0 Å². The SMILES string of the molecule is CCOC(=O)N1CCN(C(=O)COC(=O)CN2C(=O)N[C@]3(C[C@@H](C)CC(C)(C)C3)C2=O)CC1. The summed E-state index contributed by atoms with van der Waals surface area (Å²) in [5.74, 6) is -1.38. The van der Waals surface area contributed by atoms with Crippen molar-refractivity contribution in [2.75, 3.05) is 45.9 Å². The summed E-state index contributed by atoms with van der Waals surface area (Å²) in [4.78, 5) is 65.9. The summed E-state index contributed by atoms with van der Waals surface area (Å²) >= 11 is 0. The zero-order valence-electron chi connectivity index (χ0n) is 19.8. The quantitative estimate of drug-likeness (QED) is 0.473. The fourth-order valence-electron chi connectivity index (χ4n) is 5.41. The molecule has 5 amide bonds. The molecule has 1 N–H and O–H groups in total. The van der Waals surface area contributed by atoms with E-state index in [1.807, 2.05) is 0 Å². The second kappa shape index (κ2) is 9.56. The number of piperazine rings is 1. The van der Waals surface area contributed by atoms with Crippen molar-refractivity contribution in [3.05, 3.63) is 0 Å². The van der Waals surface area contributed by atoms with E-state index >= 15 is 0 Å². The molecule has 33 heavy (non-hydrogen) atoms. The molecule has 0 aromatic heterocycles. The number of hydrogen-bond donors (Lipinski definition) is 1. The molecule has 0 aromatic rings. The smallest absolute Gasteiger partial charge is 0.409 e. The zero-order valence-corrected chi connectivity index (χ0v) is 19.8. The molecule has 0 unspecified atom stereocenters. The molecule has 3 fully saturated rings. The molecule has 11 nitrogen and oxygen atoms in total. The van der Waals surface area contributed by atoms with Gasteiger partial charge in [0.25, 0.3) is 11.8 Å². The molecule has 3 rings (SSSR count). The van der Waals surface area contributed by atoms with Crippen LogP contribution in [0.1, 0.15) is 47.0 Å². The van der Waals surface area contributed by atoms with Crippen molar-refractivity contribution in [3.8, 4) is 0 Å². The van der Waals surface area contributed by atoms with Gasteiger partial charge in [0, 0.05) is 26.2 Å². The van der Waals surface area contributed by atoms with Crippen LogP contribution in [0.5, 0.6) is 0 Å². The average molecular weight is 467 g/mol. The van der Waals surface area contributed by atoms with Gasteiger partial charge < -0.3 is 24.6 Å². The summed E-state index contributed by atoms with van der Waals surface area (Å²) in [6, 6.07) is -0.608. The van der Waals surface area contributed by atoms with E-state index in [0.29, 0.717) is 39.0 Å². The van der Waals surface area contributed by atoms with E-state index in [4.69, 9.17) is 9.47 Å². The van der Waals surface area contributed by atoms with Gasteiger partial charge in [-0.2, -0.15) is 0 Å².